The van der Waals surface area contributed by atoms with Gasteiger partial charge in [-0.15, -0.1) is 6.58 Å². The van der Waals surface area contributed by atoms with Gasteiger partial charge in [-0.05, 0) is 43.3 Å². The predicted molar refractivity (Wildman–Crippen MR) is 134 cm³/mol. The fraction of sp³-hybridized carbons (Fsp3) is 0.346. The third kappa shape index (κ3) is 7.41. The second-order valence-electron chi connectivity index (χ2n) is 7.88. The van der Waals surface area contributed by atoms with E-state index in [1.54, 1.807) is 30.0 Å². The zero-order chi connectivity index (χ0) is 24.3. The highest BCUT2D eigenvalue weighted by molar-refractivity contribution is 6.30. The number of benzene rings is 2. The molecule has 3 rings (SSSR count). The SMILES string of the molecule is C=CCOC[C@@H](O)CN(CCOC)Cc1c(C)nn(-c2ccccc2)c1Oc1ccc(Cl)cc1. The Morgan fingerprint density at radius 2 is 1.91 bits per heavy atom. The first kappa shape index (κ1) is 25.9. The van der Waals surface area contributed by atoms with Crippen LogP contribution in [0.3, 0.4) is 0 Å². The van der Waals surface area contributed by atoms with E-state index in [2.05, 4.69) is 11.5 Å². The number of hydrogen-bond acceptors (Lipinski definition) is 6. The number of halogens is 1. The van der Waals surface area contributed by atoms with E-state index in [1.807, 2.05) is 49.4 Å². The highest BCUT2D eigenvalue weighted by Crippen LogP contribution is 2.32. The Labute approximate surface area is 206 Å². The van der Waals surface area contributed by atoms with Crippen LogP contribution < -0.4 is 4.74 Å². The second-order valence-corrected chi connectivity index (χ2v) is 8.32. The number of nitrogens with zero attached hydrogens (tertiary/aromatic N) is 3. The van der Waals surface area contributed by atoms with Crippen LogP contribution in [0.4, 0.5) is 0 Å². The van der Waals surface area contributed by atoms with Crippen LogP contribution in [-0.4, -0.2) is 65.9 Å². The molecule has 0 amide bonds. The molecule has 0 aliphatic heterocycles. The van der Waals surface area contributed by atoms with Crippen molar-refractivity contribution in [3.05, 3.63) is 83.5 Å². The summed E-state index contributed by atoms with van der Waals surface area (Å²) in [6.45, 7) is 8.31. The maximum absolute atomic E-state index is 10.5. The molecule has 34 heavy (non-hydrogen) atoms. The molecule has 7 nitrogen and oxygen atoms in total. The van der Waals surface area contributed by atoms with Gasteiger partial charge >= 0.3 is 0 Å². The Hall–Kier alpha value is -2.68. The van der Waals surface area contributed by atoms with Gasteiger partial charge in [-0.1, -0.05) is 35.9 Å². The minimum atomic E-state index is -0.651. The monoisotopic (exact) mass is 485 g/mol. The molecule has 8 heteroatoms. The van der Waals surface area contributed by atoms with Gasteiger partial charge in [0.15, 0.2) is 0 Å². The molecule has 1 aromatic heterocycles. The standard InChI is InChI=1S/C26H32ClN3O4/c1-4-15-33-19-23(31)17-29(14-16-32-3)18-25-20(2)28-30(22-8-6-5-7-9-22)26(25)34-24-12-10-21(27)11-13-24/h4-13,23,31H,1,14-19H2,2-3H3/t23-/m0/s1. The van der Waals surface area contributed by atoms with Gasteiger partial charge in [-0.3, -0.25) is 4.90 Å². The fourth-order valence-corrected chi connectivity index (χ4v) is 3.63. The summed E-state index contributed by atoms with van der Waals surface area (Å²) in [6, 6.07) is 17.1. The maximum atomic E-state index is 10.5. The van der Waals surface area contributed by atoms with Crippen molar-refractivity contribution < 1.29 is 19.3 Å². The molecule has 0 radical (unpaired) electrons. The van der Waals surface area contributed by atoms with Gasteiger partial charge in [0.25, 0.3) is 0 Å². The Bertz CT molecular complexity index is 1020. The van der Waals surface area contributed by atoms with Crippen molar-refractivity contribution in [3.8, 4) is 17.3 Å². The van der Waals surface area contributed by atoms with E-state index < -0.39 is 6.10 Å². The van der Waals surface area contributed by atoms with Gasteiger partial charge in [0.05, 0.1) is 42.9 Å². The van der Waals surface area contributed by atoms with Crippen molar-refractivity contribution in [2.45, 2.75) is 19.6 Å². The van der Waals surface area contributed by atoms with Gasteiger partial charge in [0.1, 0.15) is 5.75 Å². The first-order chi connectivity index (χ1) is 16.5. The minimum Gasteiger partial charge on any atom is -0.439 e. The van der Waals surface area contributed by atoms with E-state index in [4.69, 9.17) is 30.9 Å². The van der Waals surface area contributed by atoms with Crippen LogP contribution in [0.2, 0.25) is 5.02 Å². The van der Waals surface area contributed by atoms with E-state index in [9.17, 15) is 5.11 Å². The number of aromatic nitrogens is 2. The topological polar surface area (TPSA) is 69.0 Å². The molecule has 1 heterocycles. The molecule has 0 aliphatic carbocycles. The summed E-state index contributed by atoms with van der Waals surface area (Å²) in [4.78, 5) is 2.11. The molecule has 1 N–H and O–H groups in total. The van der Waals surface area contributed by atoms with Gasteiger partial charge in [0, 0.05) is 31.8 Å². The van der Waals surface area contributed by atoms with E-state index in [-0.39, 0.29) is 6.61 Å². The van der Waals surface area contributed by atoms with Crippen LogP contribution in [0, 0.1) is 6.92 Å². The molecule has 3 aromatic rings. The summed E-state index contributed by atoms with van der Waals surface area (Å²) in [5.74, 6) is 1.27. The van der Waals surface area contributed by atoms with Crippen molar-refractivity contribution in [1.82, 2.24) is 14.7 Å². The molecular weight excluding hydrogens is 454 g/mol. The second kappa shape index (κ2) is 13.3. The predicted octanol–water partition coefficient (Wildman–Crippen LogP) is 4.64. The first-order valence-electron chi connectivity index (χ1n) is 11.2. The molecule has 0 fully saturated rings. The van der Waals surface area contributed by atoms with Crippen LogP contribution in [0.25, 0.3) is 5.69 Å². The summed E-state index contributed by atoms with van der Waals surface area (Å²) in [5, 5.41) is 15.9. The third-order valence-corrected chi connectivity index (χ3v) is 5.43. The summed E-state index contributed by atoms with van der Waals surface area (Å²) >= 11 is 6.06. The molecule has 0 saturated carbocycles. The molecule has 0 bridgehead atoms. The molecule has 2 aromatic carbocycles. The van der Waals surface area contributed by atoms with E-state index >= 15 is 0 Å². The number of aryl methyl sites for hydroxylation is 1. The van der Waals surface area contributed by atoms with E-state index in [0.29, 0.717) is 49.5 Å². The number of hydrogen-bond donors (Lipinski definition) is 1. The van der Waals surface area contributed by atoms with Gasteiger partial charge < -0.3 is 19.3 Å². The first-order valence-corrected chi connectivity index (χ1v) is 11.5. The quantitative estimate of drug-likeness (QED) is 0.265. The largest absolute Gasteiger partial charge is 0.439 e. The number of aliphatic hydroxyl groups excluding tert-OH is 1. The van der Waals surface area contributed by atoms with Gasteiger partial charge in [-0.25, -0.2) is 4.68 Å². The van der Waals surface area contributed by atoms with Crippen molar-refractivity contribution >= 4 is 11.6 Å². The average molecular weight is 486 g/mol. The molecule has 0 aliphatic rings. The van der Waals surface area contributed by atoms with Crippen LogP contribution in [0.5, 0.6) is 11.6 Å². The Morgan fingerprint density at radius 1 is 1.18 bits per heavy atom. The molecule has 1 atom stereocenters. The summed E-state index contributed by atoms with van der Waals surface area (Å²) in [6.07, 6.45) is 1.01. The van der Waals surface area contributed by atoms with Crippen molar-refractivity contribution in [1.29, 1.82) is 0 Å². The number of methoxy groups -OCH3 is 1. The van der Waals surface area contributed by atoms with E-state index in [0.717, 1.165) is 16.9 Å². The fourth-order valence-electron chi connectivity index (χ4n) is 3.50. The van der Waals surface area contributed by atoms with Crippen molar-refractivity contribution in [2.75, 3.05) is 40.0 Å². The Kier molecular flexibility index (Phi) is 10.1. The van der Waals surface area contributed by atoms with Crippen LogP contribution in [0.15, 0.2) is 67.3 Å². The zero-order valence-electron chi connectivity index (χ0n) is 19.7. The van der Waals surface area contributed by atoms with Crippen LogP contribution in [-0.2, 0) is 16.0 Å². The van der Waals surface area contributed by atoms with Crippen molar-refractivity contribution in [3.63, 3.8) is 0 Å². The minimum absolute atomic E-state index is 0.228. The number of rotatable bonds is 14. The lowest BCUT2D eigenvalue weighted by Crippen LogP contribution is -2.36. The maximum Gasteiger partial charge on any atom is 0.227 e. The lowest BCUT2D eigenvalue weighted by atomic mass is 10.2. The molecule has 0 saturated heterocycles. The summed E-state index contributed by atoms with van der Waals surface area (Å²) < 4.78 is 18.9. The smallest absolute Gasteiger partial charge is 0.227 e. The molecule has 182 valence electrons. The number of aliphatic hydroxyl groups is 1. The Balaban J connectivity index is 1.91. The number of ether oxygens (including phenoxy) is 3. The highest BCUT2D eigenvalue weighted by Gasteiger charge is 2.22. The van der Waals surface area contributed by atoms with Crippen LogP contribution in [0.1, 0.15) is 11.3 Å². The molecule has 0 unspecified atom stereocenters. The number of para-hydroxylation sites is 1. The molecule has 0 spiro atoms. The van der Waals surface area contributed by atoms with Gasteiger partial charge in [0.2, 0.25) is 5.88 Å². The van der Waals surface area contributed by atoms with Crippen molar-refractivity contribution in [2.24, 2.45) is 0 Å². The highest BCUT2D eigenvalue weighted by atomic mass is 35.5. The normalized spacial score (nSPS) is 12.1. The molecular formula is C26H32ClN3O4. The van der Waals surface area contributed by atoms with E-state index in [1.165, 1.54) is 0 Å². The zero-order valence-corrected chi connectivity index (χ0v) is 20.4. The van der Waals surface area contributed by atoms with Gasteiger partial charge in [-0.2, -0.15) is 5.10 Å². The Morgan fingerprint density at radius 3 is 2.59 bits per heavy atom. The lowest BCUT2D eigenvalue weighted by molar-refractivity contribution is 0.0192. The average Bonchev–Trinajstić information content (AvgIpc) is 3.14. The lowest BCUT2D eigenvalue weighted by Gasteiger charge is -2.25. The summed E-state index contributed by atoms with van der Waals surface area (Å²) in [7, 11) is 1.66. The third-order valence-electron chi connectivity index (χ3n) is 5.17. The van der Waals surface area contributed by atoms with Crippen LogP contribution >= 0.6 is 11.6 Å². The summed E-state index contributed by atoms with van der Waals surface area (Å²) in [5.41, 5.74) is 2.66.